The zero-order valence-electron chi connectivity index (χ0n) is 8.17. The van der Waals surface area contributed by atoms with Crippen molar-refractivity contribution in [2.24, 2.45) is 0 Å². The van der Waals surface area contributed by atoms with Gasteiger partial charge in [-0.2, -0.15) is 0 Å². The standard InChI is InChI=1S/C11H15BrN2/c12-9-5-6-11(13-7-9)8-14-10-3-1-2-4-10/h5-7,10,14H,1-4,8H2. The van der Waals surface area contributed by atoms with Gasteiger partial charge in [0.2, 0.25) is 0 Å². The molecule has 14 heavy (non-hydrogen) atoms. The van der Waals surface area contributed by atoms with Gasteiger partial charge in [0.05, 0.1) is 5.69 Å². The number of nitrogens with zero attached hydrogens (tertiary/aromatic N) is 1. The minimum absolute atomic E-state index is 0.723. The van der Waals surface area contributed by atoms with Crippen LogP contribution in [0.5, 0.6) is 0 Å². The Morgan fingerprint density at radius 2 is 2.14 bits per heavy atom. The number of pyridine rings is 1. The van der Waals surface area contributed by atoms with Crippen molar-refractivity contribution in [2.75, 3.05) is 0 Å². The molecule has 2 nitrogen and oxygen atoms in total. The lowest BCUT2D eigenvalue weighted by molar-refractivity contribution is 0.519. The molecule has 0 aliphatic heterocycles. The van der Waals surface area contributed by atoms with Crippen LogP contribution in [-0.2, 0) is 6.54 Å². The first-order valence-electron chi connectivity index (χ1n) is 5.18. The van der Waals surface area contributed by atoms with E-state index in [2.05, 4.69) is 32.3 Å². The third-order valence-corrected chi connectivity index (χ3v) is 3.18. The topological polar surface area (TPSA) is 24.9 Å². The van der Waals surface area contributed by atoms with Gasteiger partial charge in [0.1, 0.15) is 0 Å². The van der Waals surface area contributed by atoms with Crippen molar-refractivity contribution < 1.29 is 0 Å². The molecule has 0 unspecified atom stereocenters. The van der Waals surface area contributed by atoms with Crippen LogP contribution in [0.15, 0.2) is 22.8 Å². The van der Waals surface area contributed by atoms with Crippen molar-refractivity contribution in [2.45, 2.75) is 38.3 Å². The molecule has 0 amide bonds. The van der Waals surface area contributed by atoms with E-state index in [1.807, 2.05) is 12.3 Å². The molecule has 1 aromatic heterocycles. The first kappa shape index (κ1) is 10.1. The van der Waals surface area contributed by atoms with E-state index in [0.717, 1.165) is 22.8 Å². The Labute approximate surface area is 93.3 Å². The fourth-order valence-corrected chi connectivity index (χ4v) is 2.12. The summed E-state index contributed by atoms with van der Waals surface area (Å²) >= 11 is 3.38. The van der Waals surface area contributed by atoms with Gasteiger partial charge in [-0.05, 0) is 40.9 Å². The number of nitrogens with one attached hydrogen (secondary N) is 1. The zero-order valence-corrected chi connectivity index (χ0v) is 9.76. The van der Waals surface area contributed by atoms with Gasteiger partial charge < -0.3 is 5.32 Å². The SMILES string of the molecule is Brc1ccc(CNC2CCCC2)nc1. The number of hydrogen-bond acceptors (Lipinski definition) is 2. The lowest BCUT2D eigenvalue weighted by atomic mass is 10.2. The Morgan fingerprint density at radius 1 is 1.36 bits per heavy atom. The van der Waals surface area contributed by atoms with E-state index in [0.29, 0.717) is 0 Å². The molecule has 1 aromatic rings. The normalized spacial score (nSPS) is 17.5. The molecule has 0 bridgehead atoms. The third-order valence-electron chi connectivity index (χ3n) is 2.72. The molecule has 1 fully saturated rings. The molecule has 0 saturated heterocycles. The first-order chi connectivity index (χ1) is 6.84. The van der Waals surface area contributed by atoms with Crippen LogP contribution in [0, 0.1) is 0 Å². The molecule has 0 aromatic carbocycles. The Bertz CT molecular complexity index is 278. The van der Waals surface area contributed by atoms with Crippen LogP contribution >= 0.6 is 15.9 Å². The highest BCUT2D eigenvalue weighted by Gasteiger charge is 2.13. The summed E-state index contributed by atoms with van der Waals surface area (Å²) in [5.41, 5.74) is 1.13. The summed E-state index contributed by atoms with van der Waals surface area (Å²) in [6, 6.07) is 4.82. The zero-order chi connectivity index (χ0) is 9.80. The van der Waals surface area contributed by atoms with Crippen LogP contribution in [0.2, 0.25) is 0 Å². The Morgan fingerprint density at radius 3 is 2.79 bits per heavy atom. The summed E-state index contributed by atoms with van der Waals surface area (Å²) in [5.74, 6) is 0. The van der Waals surface area contributed by atoms with Crippen molar-refractivity contribution in [1.29, 1.82) is 0 Å². The van der Waals surface area contributed by atoms with Gasteiger partial charge in [-0.1, -0.05) is 12.8 Å². The fourth-order valence-electron chi connectivity index (χ4n) is 1.89. The molecule has 0 radical (unpaired) electrons. The number of aromatic nitrogens is 1. The lowest BCUT2D eigenvalue weighted by Gasteiger charge is -2.10. The largest absolute Gasteiger partial charge is 0.308 e. The maximum Gasteiger partial charge on any atom is 0.0542 e. The molecule has 1 N–H and O–H groups in total. The van der Waals surface area contributed by atoms with Gasteiger partial charge in [-0.3, -0.25) is 4.98 Å². The molecule has 1 aliphatic rings. The van der Waals surface area contributed by atoms with E-state index >= 15 is 0 Å². The maximum absolute atomic E-state index is 4.33. The molecule has 1 heterocycles. The Hall–Kier alpha value is -0.410. The molecular formula is C11H15BrN2. The second-order valence-corrected chi connectivity index (χ2v) is 4.75. The highest BCUT2D eigenvalue weighted by atomic mass is 79.9. The monoisotopic (exact) mass is 254 g/mol. The van der Waals surface area contributed by atoms with Crippen molar-refractivity contribution in [3.8, 4) is 0 Å². The van der Waals surface area contributed by atoms with Gasteiger partial charge in [0.15, 0.2) is 0 Å². The number of rotatable bonds is 3. The van der Waals surface area contributed by atoms with Crippen LogP contribution in [-0.4, -0.2) is 11.0 Å². The van der Waals surface area contributed by atoms with Gasteiger partial charge in [-0.15, -0.1) is 0 Å². The van der Waals surface area contributed by atoms with Gasteiger partial charge in [0.25, 0.3) is 0 Å². The molecule has 1 aliphatic carbocycles. The number of hydrogen-bond donors (Lipinski definition) is 1. The first-order valence-corrected chi connectivity index (χ1v) is 5.98. The van der Waals surface area contributed by atoms with E-state index in [1.54, 1.807) is 0 Å². The van der Waals surface area contributed by atoms with E-state index in [9.17, 15) is 0 Å². The third kappa shape index (κ3) is 2.79. The molecule has 0 atom stereocenters. The average Bonchev–Trinajstić information content (AvgIpc) is 2.70. The van der Waals surface area contributed by atoms with E-state index < -0.39 is 0 Å². The van der Waals surface area contributed by atoms with Gasteiger partial charge >= 0.3 is 0 Å². The number of halogens is 1. The molecule has 1 saturated carbocycles. The maximum atomic E-state index is 4.33. The predicted octanol–water partition coefficient (Wildman–Crippen LogP) is 2.88. The molecule has 0 spiro atoms. The molecule has 3 heteroatoms. The van der Waals surface area contributed by atoms with E-state index in [4.69, 9.17) is 0 Å². The Kier molecular flexibility index (Phi) is 3.54. The summed E-state index contributed by atoms with van der Waals surface area (Å²) in [7, 11) is 0. The summed E-state index contributed by atoms with van der Waals surface area (Å²) in [6.45, 7) is 0.901. The summed E-state index contributed by atoms with van der Waals surface area (Å²) in [5, 5.41) is 3.54. The van der Waals surface area contributed by atoms with Crippen LogP contribution in [0.4, 0.5) is 0 Å². The highest BCUT2D eigenvalue weighted by Crippen LogP contribution is 2.18. The summed E-state index contributed by atoms with van der Waals surface area (Å²) in [6.07, 6.45) is 7.27. The second-order valence-electron chi connectivity index (χ2n) is 3.83. The lowest BCUT2D eigenvalue weighted by Crippen LogP contribution is -2.25. The summed E-state index contributed by atoms with van der Waals surface area (Å²) < 4.78 is 1.04. The minimum atomic E-state index is 0.723. The van der Waals surface area contributed by atoms with Crippen LogP contribution in [0.1, 0.15) is 31.4 Å². The van der Waals surface area contributed by atoms with Gasteiger partial charge in [-0.25, -0.2) is 0 Å². The molecular weight excluding hydrogens is 240 g/mol. The van der Waals surface area contributed by atoms with Gasteiger partial charge in [0, 0.05) is 23.3 Å². The quantitative estimate of drug-likeness (QED) is 0.898. The van der Waals surface area contributed by atoms with Crippen molar-refractivity contribution in [3.05, 3.63) is 28.5 Å². The smallest absolute Gasteiger partial charge is 0.0542 e. The average molecular weight is 255 g/mol. The van der Waals surface area contributed by atoms with Crippen LogP contribution < -0.4 is 5.32 Å². The Balaban J connectivity index is 1.82. The van der Waals surface area contributed by atoms with Crippen molar-refractivity contribution >= 4 is 15.9 Å². The summed E-state index contributed by atoms with van der Waals surface area (Å²) in [4.78, 5) is 4.33. The van der Waals surface area contributed by atoms with Crippen LogP contribution in [0.3, 0.4) is 0 Å². The van der Waals surface area contributed by atoms with Crippen molar-refractivity contribution in [1.82, 2.24) is 10.3 Å². The van der Waals surface area contributed by atoms with Crippen LogP contribution in [0.25, 0.3) is 0 Å². The molecule has 76 valence electrons. The predicted molar refractivity (Wildman–Crippen MR) is 61.0 cm³/mol. The highest BCUT2D eigenvalue weighted by molar-refractivity contribution is 9.10. The second kappa shape index (κ2) is 4.89. The van der Waals surface area contributed by atoms with Crippen molar-refractivity contribution in [3.63, 3.8) is 0 Å². The fraction of sp³-hybridized carbons (Fsp3) is 0.545. The van der Waals surface area contributed by atoms with E-state index in [1.165, 1.54) is 25.7 Å². The minimum Gasteiger partial charge on any atom is -0.308 e. The van der Waals surface area contributed by atoms with E-state index in [-0.39, 0.29) is 0 Å². The molecule has 2 rings (SSSR count).